The standard InChI is InChI=1S/C21H14BrFN2O2/c1-27-21(26)14-4-11-19-18(12-14)24-20(13-2-5-15(22)6-3-13)25(19)17-9-7-16(23)8-10-17/h2-12H,1H3. The molecule has 3 aromatic carbocycles. The van der Waals surface area contributed by atoms with E-state index in [0.29, 0.717) is 16.9 Å². The molecule has 0 atom stereocenters. The first-order valence-electron chi connectivity index (χ1n) is 8.19. The highest BCUT2D eigenvalue weighted by molar-refractivity contribution is 9.10. The maximum Gasteiger partial charge on any atom is 0.337 e. The number of hydrogen-bond acceptors (Lipinski definition) is 3. The minimum Gasteiger partial charge on any atom is -0.465 e. The molecule has 0 aliphatic heterocycles. The third kappa shape index (κ3) is 3.24. The van der Waals surface area contributed by atoms with Crippen LogP contribution in [0, 0.1) is 5.82 Å². The Labute approximate surface area is 163 Å². The minimum absolute atomic E-state index is 0.304. The Balaban J connectivity index is 1.99. The number of hydrogen-bond donors (Lipinski definition) is 0. The monoisotopic (exact) mass is 424 g/mol. The van der Waals surface area contributed by atoms with Crippen LogP contribution in [0.3, 0.4) is 0 Å². The Hall–Kier alpha value is -2.99. The van der Waals surface area contributed by atoms with E-state index in [-0.39, 0.29) is 5.82 Å². The van der Waals surface area contributed by atoms with E-state index in [2.05, 4.69) is 15.9 Å². The van der Waals surface area contributed by atoms with Crippen molar-refractivity contribution >= 4 is 32.9 Å². The molecular weight excluding hydrogens is 411 g/mol. The second kappa shape index (κ2) is 6.96. The third-order valence-corrected chi connectivity index (χ3v) is 4.79. The molecule has 4 aromatic rings. The van der Waals surface area contributed by atoms with Gasteiger partial charge in [0.05, 0.1) is 23.7 Å². The highest BCUT2D eigenvalue weighted by Gasteiger charge is 2.16. The molecule has 0 radical (unpaired) electrons. The fourth-order valence-corrected chi connectivity index (χ4v) is 3.23. The van der Waals surface area contributed by atoms with E-state index in [1.807, 2.05) is 34.9 Å². The smallest absolute Gasteiger partial charge is 0.337 e. The van der Waals surface area contributed by atoms with Crippen molar-refractivity contribution in [1.29, 1.82) is 0 Å². The molecule has 0 saturated carbocycles. The molecule has 0 aliphatic carbocycles. The summed E-state index contributed by atoms with van der Waals surface area (Å²) >= 11 is 3.44. The fraction of sp³-hybridized carbons (Fsp3) is 0.0476. The number of carbonyl (C=O) groups is 1. The Morgan fingerprint density at radius 3 is 2.41 bits per heavy atom. The Kier molecular flexibility index (Phi) is 4.49. The van der Waals surface area contributed by atoms with Crippen LogP contribution in [0.4, 0.5) is 4.39 Å². The van der Waals surface area contributed by atoms with Crippen LogP contribution in [0.1, 0.15) is 10.4 Å². The number of imidazole rings is 1. The van der Waals surface area contributed by atoms with E-state index < -0.39 is 5.97 Å². The molecule has 134 valence electrons. The van der Waals surface area contributed by atoms with Gasteiger partial charge in [0.1, 0.15) is 11.6 Å². The second-order valence-corrected chi connectivity index (χ2v) is 6.86. The first kappa shape index (κ1) is 17.4. The molecule has 0 fully saturated rings. The molecule has 0 unspecified atom stereocenters. The summed E-state index contributed by atoms with van der Waals surface area (Å²) < 4.78 is 21.1. The molecular formula is C21H14BrFN2O2. The SMILES string of the molecule is COC(=O)c1ccc2c(c1)nc(-c1ccc(Br)cc1)n2-c1ccc(F)cc1. The number of ether oxygens (including phenoxy) is 1. The van der Waals surface area contributed by atoms with Crippen molar-refractivity contribution in [2.45, 2.75) is 0 Å². The fourth-order valence-electron chi connectivity index (χ4n) is 2.97. The van der Waals surface area contributed by atoms with Crippen LogP contribution in [0.15, 0.2) is 71.2 Å². The lowest BCUT2D eigenvalue weighted by atomic mass is 10.2. The minimum atomic E-state index is -0.418. The van der Waals surface area contributed by atoms with Crippen molar-refractivity contribution in [2.24, 2.45) is 0 Å². The molecule has 0 saturated heterocycles. The van der Waals surface area contributed by atoms with Gasteiger partial charge >= 0.3 is 5.97 Å². The zero-order valence-electron chi connectivity index (χ0n) is 14.3. The molecule has 0 N–H and O–H groups in total. The van der Waals surface area contributed by atoms with Gasteiger partial charge in [0, 0.05) is 15.7 Å². The van der Waals surface area contributed by atoms with E-state index in [1.54, 1.807) is 24.3 Å². The predicted octanol–water partition coefficient (Wildman–Crippen LogP) is 5.38. The lowest BCUT2D eigenvalue weighted by molar-refractivity contribution is 0.0601. The predicted molar refractivity (Wildman–Crippen MR) is 106 cm³/mol. The van der Waals surface area contributed by atoms with Crippen molar-refractivity contribution in [1.82, 2.24) is 9.55 Å². The van der Waals surface area contributed by atoms with Crippen LogP contribution in [0.25, 0.3) is 28.1 Å². The summed E-state index contributed by atoms with van der Waals surface area (Å²) in [5.74, 6) is -0.0223. The van der Waals surface area contributed by atoms with Crippen molar-refractivity contribution in [3.8, 4) is 17.1 Å². The summed E-state index contributed by atoms with van der Waals surface area (Å²) in [6.45, 7) is 0. The van der Waals surface area contributed by atoms with Crippen LogP contribution in [-0.2, 0) is 4.74 Å². The first-order valence-corrected chi connectivity index (χ1v) is 8.99. The van der Waals surface area contributed by atoms with Crippen LogP contribution in [0.2, 0.25) is 0 Å². The van der Waals surface area contributed by atoms with Crippen molar-refractivity contribution in [3.63, 3.8) is 0 Å². The Morgan fingerprint density at radius 2 is 1.74 bits per heavy atom. The largest absolute Gasteiger partial charge is 0.465 e. The highest BCUT2D eigenvalue weighted by atomic mass is 79.9. The molecule has 0 bridgehead atoms. The van der Waals surface area contributed by atoms with Gasteiger partial charge in [0.25, 0.3) is 0 Å². The molecule has 0 spiro atoms. The first-order chi connectivity index (χ1) is 13.1. The molecule has 1 aromatic heterocycles. The topological polar surface area (TPSA) is 44.1 Å². The zero-order valence-corrected chi connectivity index (χ0v) is 15.9. The van der Waals surface area contributed by atoms with E-state index in [1.165, 1.54) is 19.2 Å². The van der Waals surface area contributed by atoms with E-state index in [0.717, 1.165) is 21.2 Å². The van der Waals surface area contributed by atoms with Gasteiger partial charge in [-0.1, -0.05) is 28.1 Å². The molecule has 0 amide bonds. The van der Waals surface area contributed by atoms with Gasteiger partial charge < -0.3 is 4.74 Å². The van der Waals surface area contributed by atoms with Gasteiger partial charge in [-0.3, -0.25) is 4.57 Å². The second-order valence-electron chi connectivity index (χ2n) is 5.95. The van der Waals surface area contributed by atoms with E-state index in [9.17, 15) is 9.18 Å². The number of carbonyl (C=O) groups excluding carboxylic acids is 1. The number of rotatable bonds is 3. The van der Waals surface area contributed by atoms with Crippen LogP contribution < -0.4 is 0 Å². The van der Waals surface area contributed by atoms with Gasteiger partial charge in [-0.15, -0.1) is 0 Å². The number of methoxy groups -OCH3 is 1. The molecule has 27 heavy (non-hydrogen) atoms. The Bertz CT molecular complexity index is 1140. The van der Waals surface area contributed by atoms with Crippen LogP contribution >= 0.6 is 15.9 Å². The molecule has 4 nitrogen and oxygen atoms in total. The number of benzene rings is 3. The van der Waals surface area contributed by atoms with E-state index >= 15 is 0 Å². The summed E-state index contributed by atoms with van der Waals surface area (Å²) in [5.41, 5.74) is 3.57. The maximum atomic E-state index is 13.4. The number of esters is 1. The van der Waals surface area contributed by atoms with Crippen molar-refractivity contribution < 1.29 is 13.9 Å². The molecule has 4 rings (SSSR count). The van der Waals surface area contributed by atoms with Gasteiger partial charge in [-0.05, 0) is 54.6 Å². The molecule has 0 aliphatic rings. The number of nitrogens with zero attached hydrogens (tertiary/aromatic N) is 2. The maximum absolute atomic E-state index is 13.4. The Morgan fingerprint density at radius 1 is 1.04 bits per heavy atom. The zero-order chi connectivity index (χ0) is 19.0. The van der Waals surface area contributed by atoms with Crippen molar-refractivity contribution in [2.75, 3.05) is 7.11 Å². The van der Waals surface area contributed by atoms with Crippen LogP contribution in [0.5, 0.6) is 0 Å². The average Bonchev–Trinajstić information content (AvgIpc) is 3.07. The van der Waals surface area contributed by atoms with E-state index in [4.69, 9.17) is 9.72 Å². The summed E-state index contributed by atoms with van der Waals surface area (Å²) in [4.78, 5) is 16.6. The normalized spacial score (nSPS) is 10.9. The van der Waals surface area contributed by atoms with Gasteiger partial charge in [-0.25, -0.2) is 14.2 Å². The summed E-state index contributed by atoms with van der Waals surface area (Å²) in [5, 5.41) is 0. The quantitative estimate of drug-likeness (QED) is 0.414. The van der Waals surface area contributed by atoms with Gasteiger partial charge in [0.15, 0.2) is 0 Å². The summed E-state index contributed by atoms with van der Waals surface area (Å²) in [6, 6.07) is 19.2. The number of halogens is 2. The van der Waals surface area contributed by atoms with Crippen LogP contribution in [-0.4, -0.2) is 22.6 Å². The highest BCUT2D eigenvalue weighted by Crippen LogP contribution is 2.30. The number of aromatic nitrogens is 2. The van der Waals surface area contributed by atoms with Gasteiger partial charge in [0.2, 0.25) is 0 Å². The third-order valence-electron chi connectivity index (χ3n) is 4.26. The lowest BCUT2D eigenvalue weighted by Gasteiger charge is -2.10. The van der Waals surface area contributed by atoms with Crippen molar-refractivity contribution in [3.05, 3.63) is 82.6 Å². The number of fused-ring (bicyclic) bond motifs is 1. The summed E-state index contributed by atoms with van der Waals surface area (Å²) in [7, 11) is 1.34. The van der Waals surface area contributed by atoms with Gasteiger partial charge in [-0.2, -0.15) is 0 Å². The molecule has 6 heteroatoms. The average molecular weight is 425 g/mol. The molecule has 1 heterocycles. The summed E-state index contributed by atoms with van der Waals surface area (Å²) in [6.07, 6.45) is 0. The lowest BCUT2D eigenvalue weighted by Crippen LogP contribution is -2.01.